The van der Waals surface area contributed by atoms with Gasteiger partial charge in [0.15, 0.2) is 0 Å². The summed E-state index contributed by atoms with van der Waals surface area (Å²) in [6.07, 6.45) is 0.415. The molecule has 0 aromatic heterocycles. The molecule has 1 unspecified atom stereocenters. The summed E-state index contributed by atoms with van der Waals surface area (Å²) in [7, 11) is 0. The second kappa shape index (κ2) is 8.27. The average Bonchev–Trinajstić information content (AvgIpc) is 2.43. The number of nitrogens with two attached hydrogens (primary N) is 1. The maximum atomic E-state index is 12.1. The molecule has 1 amide bonds. The van der Waals surface area contributed by atoms with Gasteiger partial charge in [0, 0.05) is 42.3 Å². The number of nitrogens with one attached hydrogen (secondary N) is 1. The summed E-state index contributed by atoms with van der Waals surface area (Å²) in [4.78, 5) is 14.0. The van der Waals surface area contributed by atoms with Gasteiger partial charge in [0.1, 0.15) is 0 Å². The number of carbonyl (C=O) groups is 1. The number of benzene rings is 1. The van der Waals surface area contributed by atoms with Crippen LogP contribution < -0.4 is 11.1 Å². The van der Waals surface area contributed by atoms with Gasteiger partial charge < -0.3 is 16.0 Å². The first-order valence-corrected chi connectivity index (χ1v) is 7.81. The van der Waals surface area contributed by atoms with E-state index < -0.39 is 0 Å². The number of nitrogens with zero attached hydrogens (tertiary/aromatic N) is 1. The van der Waals surface area contributed by atoms with Gasteiger partial charge in [-0.2, -0.15) is 0 Å². The maximum Gasteiger partial charge on any atom is 0.224 e. The van der Waals surface area contributed by atoms with Crippen molar-refractivity contribution in [2.45, 2.75) is 33.2 Å². The zero-order valence-electron chi connectivity index (χ0n) is 12.4. The highest BCUT2D eigenvalue weighted by atomic mass is 79.9. The third-order valence-corrected chi connectivity index (χ3v) is 3.99. The number of amides is 1. The average molecular weight is 342 g/mol. The van der Waals surface area contributed by atoms with Gasteiger partial charge in [0.2, 0.25) is 5.91 Å². The summed E-state index contributed by atoms with van der Waals surface area (Å²) in [5.41, 5.74) is 7.94. The van der Waals surface area contributed by atoms with Gasteiger partial charge in [-0.25, -0.2) is 0 Å². The first-order chi connectivity index (χ1) is 9.51. The highest BCUT2D eigenvalue weighted by Crippen LogP contribution is 2.24. The first kappa shape index (κ1) is 17.0. The lowest BCUT2D eigenvalue weighted by Gasteiger charge is -2.24. The van der Waals surface area contributed by atoms with Gasteiger partial charge >= 0.3 is 0 Å². The third-order valence-electron chi connectivity index (χ3n) is 3.30. The molecule has 0 aliphatic heterocycles. The molecule has 0 spiro atoms. The molecule has 1 aromatic carbocycles. The molecule has 1 rings (SSSR count). The molecule has 4 nitrogen and oxygen atoms in total. The van der Waals surface area contributed by atoms with Crippen molar-refractivity contribution in [3.8, 4) is 0 Å². The molecule has 1 atom stereocenters. The monoisotopic (exact) mass is 341 g/mol. The number of carbonyl (C=O) groups excluding carboxylic acids is 1. The van der Waals surface area contributed by atoms with E-state index in [2.05, 4.69) is 27.3 Å². The summed E-state index contributed by atoms with van der Waals surface area (Å²) in [6.45, 7) is 7.91. The van der Waals surface area contributed by atoms with E-state index in [0.717, 1.165) is 23.2 Å². The van der Waals surface area contributed by atoms with Crippen LogP contribution in [0.25, 0.3) is 0 Å². The van der Waals surface area contributed by atoms with Crippen LogP contribution in [-0.2, 0) is 4.79 Å². The van der Waals surface area contributed by atoms with E-state index in [9.17, 15) is 4.79 Å². The van der Waals surface area contributed by atoms with Crippen LogP contribution in [0.4, 0.5) is 5.69 Å². The van der Waals surface area contributed by atoms with Crippen LogP contribution in [0.3, 0.4) is 0 Å². The fourth-order valence-corrected chi connectivity index (χ4v) is 2.44. The second-order valence-electron chi connectivity index (χ2n) is 4.83. The van der Waals surface area contributed by atoms with Gasteiger partial charge in [-0.1, -0.05) is 6.07 Å². The highest BCUT2D eigenvalue weighted by molar-refractivity contribution is 9.10. The van der Waals surface area contributed by atoms with Gasteiger partial charge in [-0.3, -0.25) is 4.79 Å². The molecule has 0 saturated heterocycles. The molecule has 0 aliphatic carbocycles. The van der Waals surface area contributed by atoms with Crippen LogP contribution in [0, 0.1) is 6.92 Å². The van der Waals surface area contributed by atoms with Crippen molar-refractivity contribution in [2.75, 3.05) is 25.0 Å². The Balaban J connectivity index is 2.72. The van der Waals surface area contributed by atoms with Crippen molar-refractivity contribution in [1.82, 2.24) is 4.90 Å². The van der Waals surface area contributed by atoms with E-state index in [1.807, 2.05) is 37.8 Å². The zero-order chi connectivity index (χ0) is 15.1. The number of hydrogen-bond donors (Lipinski definition) is 2. The molecule has 20 heavy (non-hydrogen) atoms. The lowest BCUT2D eigenvalue weighted by atomic mass is 10.1. The molecular formula is C15H24BrN3O. The van der Waals surface area contributed by atoms with E-state index in [1.54, 1.807) is 0 Å². The Kier molecular flexibility index (Phi) is 7.02. The zero-order valence-corrected chi connectivity index (χ0v) is 14.0. The molecule has 0 radical (unpaired) electrons. The van der Waals surface area contributed by atoms with Crippen molar-refractivity contribution < 1.29 is 4.79 Å². The van der Waals surface area contributed by atoms with Crippen LogP contribution in [0.15, 0.2) is 22.7 Å². The van der Waals surface area contributed by atoms with E-state index >= 15 is 0 Å². The minimum Gasteiger partial charge on any atom is -0.380 e. The molecule has 0 fully saturated rings. The van der Waals surface area contributed by atoms with Crippen molar-refractivity contribution in [2.24, 2.45) is 5.73 Å². The minimum atomic E-state index is -0.0544. The molecular weight excluding hydrogens is 318 g/mol. The van der Waals surface area contributed by atoms with Crippen molar-refractivity contribution >= 4 is 27.5 Å². The molecule has 112 valence electrons. The van der Waals surface area contributed by atoms with Gasteiger partial charge in [-0.15, -0.1) is 0 Å². The predicted octanol–water partition coefficient (Wildman–Crippen LogP) is 2.76. The van der Waals surface area contributed by atoms with E-state index in [-0.39, 0.29) is 11.9 Å². The van der Waals surface area contributed by atoms with Crippen LogP contribution >= 0.6 is 15.9 Å². The number of aryl methyl sites for hydroxylation is 1. The molecule has 0 bridgehead atoms. The lowest BCUT2D eigenvalue weighted by Crippen LogP contribution is -2.38. The van der Waals surface area contributed by atoms with E-state index in [1.165, 1.54) is 5.56 Å². The Labute approximate surface area is 129 Å². The van der Waals surface area contributed by atoms with Crippen LogP contribution in [-0.4, -0.2) is 36.5 Å². The molecule has 0 heterocycles. The lowest BCUT2D eigenvalue weighted by molar-refractivity contribution is -0.131. The summed E-state index contributed by atoms with van der Waals surface area (Å²) < 4.78 is 0.983. The molecule has 0 aliphatic rings. The van der Waals surface area contributed by atoms with Crippen LogP contribution in [0.1, 0.15) is 25.8 Å². The topological polar surface area (TPSA) is 58.4 Å². The number of halogens is 1. The molecule has 1 aromatic rings. The molecule has 0 saturated carbocycles. The molecule has 5 heteroatoms. The third kappa shape index (κ3) is 4.80. The Bertz CT molecular complexity index is 447. The largest absolute Gasteiger partial charge is 0.380 e. The van der Waals surface area contributed by atoms with Crippen molar-refractivity contribution in [3.05, 3.63) is 28.2 Å². The van der Waals surface area contributed by atoms with Gasteiger partial charge in [-0.05, 0) is 54.4 Å². The quantitative estimate of drug-likeness (QED) is 0.801. The summed E-state index contributed by atoms with van der Waals surface area (Å²) in [6, 6.07) is 6.03. The number of anilines is 1. The van der Waals surface area contributed by atoms with Gasteiger partial charge in [0.05, 0.1) is 0 Å². The number of rotatable bonds is 7. The van der Waals surface area contributed by atoms with Crippen LogP contribution in [0.5, 0.6) is 0 Å². The highest BCUT2D eigenvalue weighted by Gasteiger charge is 2.17. The van der Waals surface area contributed by atoms with Crippen molar-refractivity contribution in [1.29, 1.82) is 0 Å². The van der Waals surface area contributed by atoms with Crippen molar-refractivity contribution in [3.63, 3.8) is 0 Å². The fourth-order valence-electron chi connectivity index (χ4n) is 2.08. The minimum absolute atomic E-state index is 0.0544. The predicted molar refractivity (Wildman–Crippen MR) is 87.9 cm³/mol. The Morgan fingerprint density at radius 1 is 1.40 bits per heavy atom. The van der Waals surface area contributed by atoms with Gasteiger partial charge in [0.25, 0.3) is 0 Å². The summed E-state index contributed by atoms with van der Waals surface area (Å²) in [5.74, 6) is 0.140. The van der Waals surface area contributed by atoms with E-state index in [4.69, 9.17) is 5.73 Å². The SMILES string of the molecule is CCN(CC)C(=O)CC(CN)Nc1cc(C)ccc1Br. The summed E-state index contributed by atoms with van der Waals surface area (Å²) in [5, 5.41) is 3.35. The van der Waals surface area contributed by atoms with E-state index in [0.29, 0.717) is 13.0 Å². The number of hydrogen-bond acceptors (Lipinski definition) is 3. The Hall–Kier alpha value is -1.07. The normalized spacial score (nSPS) is 12.1. The smallest absolute Gasteiger partial charge is 0.224 e. The summed E-state index contributed by atoms with van der Waals surface area (Å²) >= 11 is 3.51. The standard InChI is InChI=1S/C15H24BrN3O/c1-4-19(5-2)15(20)9-12(10-17)18-14-8-11(3)6-7-13(14)16/h6-8,12,18H,4-5,9-10,17H2,1-3H3. The molecule has 3 N–H and O–H groups in total. The Morgan fingerprint density at radius 2 is 2.05 bits per heavy atom. The Morgan fingerprint density at radius 3 is 2.60 bits per heavy atom. The second-order valence-corrected chi connectivity index (χ2v) is 5.68. The van der Waals surface area contributed by atoms with Crippen LogP contribution in [0.2, 0.25) is 0 Å². The maximum absolute atomic E-state index is 12.1. The fraction of sp³-hybridized carbons (Fsp3) is 0.533. The first-order valence-electron chi connectivity index (χ1n) is 7.02.